The second-order valence-corrected chi connectivity index (χ2v) is 4.96. The van der Waals surface area contributed by atoms with Crippen molar-refractivity contribution in [2.24, 2.45) is 5.92 Å². The molecule has 2 amide bonds. The van der Waals surface area contributed by atoms with Gasteiger partial charge in [-0.2, -0.15) is 15.4 Å². The third-order valence-corrected chi connectivity index (χ3v) is 3.77. The molecule has 1 aliphatic rings. The fraction of sp³-hybridized carbons (Fsp3) is 0.692. The summed E-state index contributed by atoms with van der Waals surface area (Å²) in [6.45, 7) is 6.52. The van der Waals surface area contributed by atoms with Gasteiger partial charge in [-0.05, 0) is 26.7 Å². The zero-order valence-electron chi connectivity index (χ0n) is 12.0. The largest absolute Gasteiger partial charge is 0.343 e. The van der Waals surface area contributed by atoms with Gasteiger partial charge in [0.1, 0.15) is 0 Å². The molecule has 1 atom stereocenters. The molecule has 1 aromatic rings. The minimum absolute atomic E-state index is 0.0977. The Hall–Kier alpha value is -1.92. The first kappa shape index (κ1) is 14.5. The molecule has 2 rings (SSSR count). The van der Waals surface area contributed by atoms with E-state index >= 15 is 0 Å². The van der Waals surface area contributed by atoms with E-state index in [4.69, 9.17) is 0 Å². The van der Waals surface area contributed by atoms with Crippen LogP contribution in [0.3, 0.4) is 0 Å². The van der Waals surface area contributed by atoms with Crippen LogP contribution < -0.4 is 0 Å². The van der Waals surface area contributed by atoms with Crippen molar-refractivity contribution in [3.05, 3.63) is 11.9 Å². The number of nitrogens with one attached hydrogen (secondary N) is 1. The molecule has 1 unspecified atom stereocenters. The van der Waals surface area contributed by atoms with E-state index in [0.717, 1.165) is 12.8 Å². The van der Waals surface area contributed by atoms with Crippen molar-refractivity contribution in [2.75, 3.05) is 26.2 Å². The molecule has 0 radical (unpaired) electrons. The summed E-state index contributed by atoms with van der Waals surface area (Å²) in [5.41, 5.74) is 0.306. The van der Waals surface area contributed by atoms with Gasteiger partial charge in [0.15, 0.2) is 5.69 Å². The zero-order chi connectivity index (χ0) is 14.5. The minimum Gasteiger partial charge on any atom is -0.343 e. The van der Waals surface area contributed by atoms with Gasteiger partial charge < -0.3 is 9.80 Å². The van der Waals surface area contributed by atoms with Gasteiger partial charge in [-0.3, -0.25) is 9.59 Å². The van der Waals surface area contributed by atoms with Crippen LogP contribution in [0.1, 0.15) is 37.2 Å². The van der Waals surface area contributed by atoms with Gasteiger partial charge in [0.2, 0.25) is 5.91 Å². The first-order valence-corrected chi connectivity index (χ1v) is 7.11. The number of likely N-dealkylation sites (tertiary alicyclic amines) is 1. The number of carbonyl (C=O) groups is 2. The van der Waals surface area contributed by atoms with Crippen molar-refractivity contribution in [1.29, 1.82) is 0 Å². The highest BCUT2D eigenvalue weighted by Gasteiger charge is 2.31. The van der Waals surface area contributed by atoms with Crippen LogP contribution in [0.5, 0.6) is 0 Å². The highest BCUT2D eigenvalue weighted by Crippen LogP contribution is 2.20. The molecule has 1 N–H and O–H groups in total. The molecule has 7 nitrogen and oxygen atoms in total. The first-order chi connectivity index (χ1) is 9.67. The van der Waals surface area contributed by atoms with Crippen molar-refractivity contribution in [1.82, 2.24) is 25.2 Å². The highest BCUT2D eigenvalue weighted by molar-refractivity contribution is 5.92. The Balaban J connectivity index is 2.01. The van der Waals surface area contributed by atoms with Crippen molar-refractivity contribution in [3.8, 4) is 0 Å². The predicted molar refractivity (Wildman–Crippen MR) is 72.9 cm³/mol. The van der Waals surface area contributed by atoms with Crippen LogP contribution in [-0.4, -0.2) is 63.2 Å². The SMILES string of the molecule is CCN(CC)C(=O)C1CCCN(C(=O)c2cn[nH]n2)C1. The van der Waals surface area contributed by atoms with Crippen molar-refractivity contribution >= 4 is 11.8 Å². The lowest BCUT2D eigenvalue weighted by molar-refractivity contribution is -0.136. The van der Waals surface area contributed by atoms with Crippen LogP contribution in [-0.2, 0) is 4.79 Å². The summed E-state index contributed by atoms with van der Waals surface area (Å²) in [5, 5.41) is 9.89. The maximum atomic E-state index is 12.4. The van der Waals surface area contributed by atoms with Gasteiger partial charge in [-0.15, -0.1) is 0 Å². The molecule has 1 aromatic heterocycles. The van der Waals surface area contributed by atoms with Gasteiger partial charge in [-0.25, -0.2) is 0 Å². The second kappa shape index (κ2) is 6.49. The zero-order valence-corrected chi connectivity index (χ0v) is 12.0. The van der Waals surface area contributed by atoms with Crippen molar-refractivity contribution in [2.45, 2.75) is 26.7 Å². The fourth-order valence-corrected chi connectivity index (χ4v) is 2.62. The molecule has 0 aliphatic carbocycles. The lowest BCUT2D eigenvalue weighted by Crippen LogP contribution is -2.46. The van der Waals surface area contributed by atoms with Crippen LogP contribution in [0.2, 0.25) is 0 Å². The Morgan fingerprint density at radius 3 is 2.80 bits per heavy atom. The third kappa shape index (κ3) is 2.97. The smallest absolute Gasteiger partial charge is 0.276 e. The number of H-pyrrole nitrogens is 1. The lowest BCUT2D eigenvalue weighted by atomic mass is 9.96. The predicted octanol–water partition coefficient (Wildman–Crippen LogP) is 0.525. The van der Waals surface area contributed by atoms with E-state index in [9.17, 15) is 9.59 Å². The van der Waals surface area contributed by atoms with Crippen LogP contribution in [0.25, 0.3) is 0 Å². The number of rotatable bonds is 4. The number of hydrogen-bond donors (Lipinski definition) is 1. The molecule has 7 heteroatoms. The van der Waals surface area contributed by atoms with E-state index in [1.165, 1.54) is 6.20 Å². The van der Waals surface area contributed by atoms with Crippen LogP contribution in [0, 0.1) is 5.92 Å². The summed E-state index contributed by atoms with van der Waals surface area (Å²) in [5.74, 6) is -0.108. The summed E-state index contributed by atoms with van der Waals surface area (Å²) >= 11 is 0. The van der Waals surface area contributed by atoms with E-state index in [1.54, 1.807) is 4.90 Å². The van der Waals surface area contributed by atoms with Crippen molar-refractivity contribution in [3.63, 3.8) is 0 Å². The Morgan fingerprint density at radius 1 is 1.45 bits per heavy atom. The number of aromatic nitrogens is 3. The van der Waals surface area contributed by atoms with Gasteiger partial charge in [0, 0.05) is 26.2 Å². The number of amides is 2. The topological polar surface area (TPSA) is 82.2 Å². The number of carbonyl (C=O) groups excluding carboxylic acids is 2. The Morgan fingerprint density at radius 2 is 2.20 bits per heavy atom. The molecular weight excluding hydrogens is 258 g/mol. The van der Waals surface area contributed by atoms with E-state index in [1.807, 2.05) is 18.7 Å². The number of nitrogens with zero attached hydrogens (tertiary/aromatic N) is 4. The Bertz CT molecular complexity index is 455. The molecule has 1 saturated heterocycles. The number of hydrogen-bond acceptors (Lipinski definition) is 4. The molecular formula is C13H21N5O2. The molecule has 0 aromatic carbocycles. The third-order valence-electron chi connectivity index (χ3n) is 3.77. The van der Waals surface area contributed by atoms with Gasteiger partial charge >= 0.3 is 0 Å². The average Bonchev–Trinajstić information content (AvgIpc) is 3.02. The Kier molecular flexibility index (Phi) is 4.70. The molecule has 0 spiro atoms. The highest BCUT2D eigenvalue weighted by atomic mass is 16.2. The van der Waals surface area contributed by atoms with Crippen LogP contribution in [0.15, 0.2) is 6.20 Å². The van der Waals surface area contributed by atoms with E-state index in [0.29, 0.717) is 31.9 Å². The van der Waals surface area contributed by atoms with Crippen molar-refractivity contribution < 1.29 is 9.59 Å². The molecule has 2 heterocycles. The van der Waals surface area contributed by atoms with E-state index in [2.05, 4.69) is 15.4 Å². The number of piperidine rings is 1. The maximum absolute atomic E-state index is 12.4. The summed E-state index contributed by atoms with van der Waals surface area (Å²) in [6.07, 6.45) is 3.11. The van der Waals surface area contributed by atoms with Gasteiger partial charge in [-0.1, -0.05) is 0 Å². The van der Waals surface area contributed by atoms with Gasteiger partial charge in [0.25, 0.3) is 5.91 Å². The van der Waals surface area contributed by atoms with E-state index in [-0.39, 0.29) is 17.7 Å². The Labute approximate surface area is 118 Å². The van der Waals surface area contributed by atoms with Gasteiger partial charge in [0.05, 0.1) is 12.1 Å². The summed E-state index contributed by atoms with van der Waals surface area (Å²) in [4.78, 5) is 28.1. The molecule has 0 bridgehead atoms. The monoisotopic (exact) mass is 279 g/mol. The molecule has 20 heavy (non-hydrogen) atoms. The normalized spacial score (nSPS) is 18.9. The quantitative estimate of drug-likeness (QED) is 0.871. The van der Waals surface area contributed by atoms with Crippen LogP contribution in [0.4, 0.5) is 0 Å². The lowest BCUT2D eigenvalue weighted by Gasteiger charge is -2.34. The standard InChI is InChI=1S/C13H21N5O2/c1-3-17(4-2)12(19)10-6-5-7-18(9-10)13(20)11-8-14-16-15-11/h8,10H,3-7,9H2,1-2H3,(H,14,15,16). The molecule has 0 saturated carbocycles. The summed E-state index contributed by atoms with van der Waals surface area (Å²) in [6, 6.07) is 0. The second-order valence-electron chi connectivity index (χ2n) is 4.96. The maximum Gasteiger partial charge on any atom is 0.276 e. The number of aromatic amines is 1. The molecule has 110 valence electrons. The van der Waals surface area contributed by atoms with Crippen LogP contribution >= 0.6 is 0 Å². The van der Waals surface area contributed by atoms with E-state index < -0.39 is 0 Å². The molecule has 1 aliphatic heterocycles. The average molecular weight is 279 g/mol. The summed E-state index contributed by atoms with van der Waals surface area (Å²) in [7, 11) is 0. The summed E-state index contributed by atoms with van der Waals surface area (Å²) < 4.78 is 0. The first-order valence-electron chi connectivity index (χ1n) is 7.11. The fourth-order valence-electron chi connectivity index (χ4n) is 2.62. The minimum atomic E-state index is -0.157. The molecule has 1 fully saturated rings.